The third-order valence-electron chi connectivity index (χ3n) is 6.89. The molecular weight excluding hydrogens is 562 g/mol. The zero-order valence-electron chi connectivity index (χ0n) is 24.1. The zero-order chi connectivity index (χ0) is 30.2. The number of ether oxygens (including phenoxy) is 1. The number of piperazine rings is 1. The van der Waals surface area contributed by atoms with Crippen molar-refractivity contribution in [2.75, 3.05) is 69.5 Å². The van der Waals surface area contributed by atoms with Gasteiger partial charge in [0.2, 0.25) is 0 Å². The zero-order valence-corrected chi connectivity index (χ0v) is 24.9. The van der Waals surface area contributed by atoms with E-state index < -0.39 is 22.4 Å². The number of likely N-dealkylation sites (N-methyl/N-ethyl adjacent to an activating group) is 1. The number of hydrogen-bond donors (Lipinski definition) is 3. The highest BCUT2D eigenvalue weighted by atomic mass is 32.2. The SMILES string of the molecule is CNc1n[nH]c2ccc(S(=O)c3cc(F)cc(F)c3)cc12.COCC(C)Nc1cc(N2CCN(C)CC2)ccc1C=O. The van der Waals surface area contributed by atoms with Crippen LogP contribution in [0.1, 0.15) is 17.3 Å². The summed E-state index contributed by atoms with van der Waals surface area (Å²) in [6.07, 6.45) is 0.898. The van der Waals surface area contributed by atoms with Gasteiger partial charge >= 0.3 is 0 Å². The van der Waals surface area contributed by atoms with Crippen molar-refractivity contribution >= 4 is 45.2 Å². The Morgan fingerprint density at radius 3 is 2.40 bits per heavy atom. The molecule has 42 heavy (non-hydrogen) atoms. The Kier molecular flexibility index (Phi) is 10.6. The number of fused-ring (bicyclic) bond motifs is 1. The largest absolute Gasteiger partial charge is 0.383 e. The molecule has 1 aliphatic rings. The van der Waals surface area contributed by atoms with Gasteiger partial charge in [-0.15, -0.1) is 0 Å². The summed E-state index contributed by atoms with van der Waals surface area (Å²) in [4.78, 5) is 16.4. The van der Waals surface area contributed by atoms with E-state index in [1.165, 1.54) is 5.69 Å². The van der Waals surface area contributed by atoms with Gasteiger partial charge in [0.15, 0.2) is 12.1 Å². The van der Waals surface area contributed by atoms with Gasteiger partial charge in [0.05, 0.1) is 22.9 Å². The van der Waals surface area contributed by atoms with E-state index in [2.05, 4.69) is 43.7 Å². The maximum atomic E-state index is 13.2. The van der Waals surface area contributed by atoms with Crippen molar-refractivity contribution in [1.29, 1.82) is 0 Å². The topological polar surface area (TPSA) is 103 Å². The second-order valence-electron chi connectivity index (χ2n) is 10.1. The number of benzene rings is 3. The minimum absolute atomic E-state index is 0.0846. The number of aromatic nitrogens is 2. The molecule has 1 aromatic heterocycles. The number of aromatic amines is 1. The molecule has 1 fully saturated rings. The van der Waals surface area contributed by atoms with Crippen LogP contribution in [0.25, 0.3) is 10.9 Å². The quantitative estimate of drug-likeness (QED) is 0.238. The van der Waals surface area contributed by atoms with Crippen LogP contribution >= 0.6 is 0 Å². The summed E-state index contributed by atoms with van der Waals surface area (Å²) in [5, 5.41) is 13.9. The lowest BCUT2D eigenvalue weighted by Crippen LogP contribution is -2.44. The van der Waals surface area contributed by atoms with Gasteiger partial charge in [-0.2, -0.15) is 5.10 Å². The molecule has 3 N–H and O–H groups in total. The molecule has 2 atom stereocenters. The van der Waals surface area contributed by atoms with Crippen molar-refractivity contribution in [2.24, 2.45) is 0 Å². The number of carbonyl (C=O) groups excluding carboxylic acids is 1. The lowest BCUT2D eigenvalue weighted by molar-refractivity contribution is 0.112. The van der Waals surface area contributed by atoms with Crippen LogP contribution in [0.15, 0.2) is 64.4 Å². The molecule has 0 bridgehead atoms. The number of nitrogens with zero attached hydrogens (tertiary/aromatic N) is 3. The van der Waals surface area contributed by atoms with Crippen molar-refractivity contribution in [3.05, 3.63) is 71.8 Å². The van der Waals surface area contributed by atoms with E-state index in [9.17, 15) is 17.8 Å². The van der Waals surface area contributed by atoms with Gasteiger partial charge in [-0.05, 0) is 62.5 Å². The fraction of sp³-hybridized carbons (Fsp3) is 0.333. The molecule has 224 valence electrons. The molecule has 4 aromatic rings. The molecule has 0 amide bonds. The summed E-state index contributed by atoms with van der Waals surface area (Å²) in [7, 11) is 3.88. The first-order valence-corrected chi connectivity index (χ1v) is 14.7. The maximum absolute atomic E-state index is 13.2. The van der Waals surface area contributed by atoms with E-state index in [4.69, 9.17) is 4.74 Å². The molecule has 1 aliphatic heterocycles. The van der Waals surface area contributed by atoms with Crippen molar-refractivity contribution in [3.8, 4) is 0 Å². The Morgan fingerprint density at radius 1 is 1.05 bits per heavy atom. The first-order chi connectivity index (χ1) is 20.2. The first kappa shape index (κ1) is 31.1. The first-order valence-electron chi connectivity index (χ1n) is 13.5. The van der Waals surface area contributed by atoms with Crippen LogP contribution in [0.5, 0.6) is 0 Å². The highest BCUT2D eigenvalue weighted by Crippen LogP contribution is 2.26. The molecule has 0 radical (unpaired) electrons. The number of H-pyrrole nitrogens is 1. The van der Waals surface area contributed by atoms with E-state index in [0.717, 1.165) is 67.3 Å². The number of hydrogen-bond acceptors (Lipinski definition) is 8. The molecule has 3 aromatic carbocycles. The van der Waals surface area contributed by atoms with Crippen LogP contribution < -0.4 is 15.5 Å². The van der Waals surface area contributed by atoms with Gasteiger partial charge in [-0.25, -0.2) is 13.0 Å². The third-order valence-corrected chi connectivity index (χ3v) is 8.23. The van der Waals surface area contributed by atoms with E-state index in [1.54, 1.807) is 32.4 Å². The second-order valence-corrected chi connectivity index (χ2v) is 11.6. The molecular formula is C30H36F2N6O3S. The number of halogens is 2. The van der Waals surface area contributed by atoms with Crippen LogP contribution in [0.3, 0.4) is 0 Å². The molecule has 12 heteroatoms. The van der Waals surface area contributed by atoms with Crippen LogP contribution in [0.2, 0.25) is 0 Å². The number of rotatable bonds is 9. The standard InChI is InChI=1S/C16H25N3O2.C14H11F2N3OS/c1-13(12-21-3)17-16-10-15(5-4-14(16)11-20)19-8-6-18(2)7-9-19;1-17-14-12-7-10(2-3-13(12)18-19-14)21(20)11-5-8(15)4-9(16)6-11/h4-5,10-11,13,17H,6-9,12H2,1-3H3;2-7H,1H3,(H2,17,18,19). The summed E-state index contributed by atoms with van der Waals surface area (Å²) < 4.78 is 44.0. The van der Waals surface area contributed by atoms with Gasteiger partial charge in [-0.3, -0.25) is 9.89 Å². The predicted molar refractivity (Wildman–Crippen MR) is 163 cm³/mol. The number of anilines is 3. The molecule has 9 nitrogen and oxygen atoms in total. The Morgan fingerprint density at radius 2 is 1.76 bits per heavy atom. The fourth-order valence-electron chi connectivity index (χ4n) is 4.66. The summed E-state index contributed by atoms with van der Waals surface area (Å²) >= 11 is 0. The number of nitrogens with one attached hydrogen (secondary N) is 3. The predicted octanol–water partition coefficient (Wildman–Crippen LogP) is 4.75. The third kappa shape index (κ3) is 7.69. The molecule has 2 unspecified atom stereocenters. The van der Waals surface area contributed by atoms with Crippen LogP contribution in [-0.4, -0.2) is 85.6 Å². The van der Waals surface area contributed by atoms with Gasteiger partial charge in [0.25, 0.3) is 0 Å². The summed E-state index contributed by atoms with van der Waals surface area (Å²) in [5.41, 5.74) is 3.52. The van der Waals surface area contributed by atoms with Crippen LogP contribution in [0.4, 0.5) is 26.0 Å². The van der Waals surface area contributed by atoms with E-state index in [-0.39, 0.29) is 10.9 Å². The van der Waals surface area contributed by atoms with E-state index >= 15 is 0 Å². The van der Waals surface area contributed by atoms with Crippen LogP contribution in [-0.2, 0) is 15.5 Å². The minimum atomic E-state index is -1.67. The minimum Gasteiger partial charge on any atom is -0.383 e. The monoisotopic (exact) mass is 598 g/mol. The molecule has 0 aliphatic carbocycles. The van der Waals surface area contributed by atoms with Crippen molar-refractivity contribution in [1.82, 2.24) is 15.1 Å². The fourth-order valence-corrected chi connectivity index (χ4v) is 5.79. The van der Waals surface area contributed by atoms with E-state index in [1.807, 2.05) is 19.1 Å². The van der Waals surface area contributed by atoms with E-state index in [0.29, 0.717) is 22.9 Å². The van der Waals surface area contributed by atoms with Crippen molar-refractivity contribution < 1.29 is 22.5 Å². The van der Waals surface area contributed by atoms with Crippen molar-refractivity contribution in [3.63, 3.8) is 0 Å². The summed E-state index contributed by atoms with van der Waals surface area (Å²) in [5.74, 6) is -0.883. The Balaban J connectivity index is 0.000000193. The highest BCUT2D eigenvalue weighted by Gasteiger charge is 2.16. The normalized spacial score (nSPS) is 15.0. The van der Waals surface area contributed by atoms with Gasteiger partial charge in [0.1, 0.15) is 11.6 Å². The Labute approximate surface area is 246 Å². The average molecular weight is 599 g/mol. The maximum Gasteiger partial charge on any atom is 0.155 e. The number of aldehydes is 1. The van der Waals surface area contributed by atoms with Gasteiger partial charge in [-0.1, -0.05) is 0 Å². The second kappa shape index (κ2) is 14.3. The molecule has 1 saturated heterocycles. The lowest BCUT2D eigenvalue weighted by atomic mass is 10.1. The summed E-state index contributed by atoms with van der Waals surface area (Å²) in [6.45, 7) is 6.82. The van der Waals surface area contributed by atoms with Crippen molar-refractivity contribution in [2.45, 2.75) is 22.8 Å². The summed E-state index contributed by atoms with van der Waals surface area (Å²) in [6, 6.07) is 14.1. The molecule has 0 spiro atoms. The molecule has 5 rings (SSSR count). The van der Waals surface area contributed by atoms with Gasteiger partial charge in [0, 0.05) is 84.6 Å². The number of methoxy groups -OCH3 is 1. The smallest absolute Gasteiger partial charge is 0.155 e. The molecule has 0 saturated carbocycles. The molecule has 2 heterocycles. The van der Waals surface area contributed by atoms with Crippen LogP contribution in [0, 0.1) is 11.6 Å². The Hall–Kier alpha value is -3.87. The lowest BCUT2D eigenvalue weighted by Gasteiger charge is -2.34. The number of carbonyl (C=O) groups is 1. The highest BCUT2D eigenvalue weighted by molar-refractivity contribution is 7.85. The average Bonchev–Trinajstić information content (AvgIpc) is 3.39. The van der Waals surface area contributed by atoms with Gasteiger partial charge < -0.3 is 25.2 Å². The Bertz CT molecular complexity index is 1520.